The van der Waals surface area contributed by atoms with Gasteiger partial charge in [0.1, 0.15) is 6.26 Å². The highest BCUT2D eigenvalue weighted by atomic mass is 32.2. The Morgan fingerprint density at radius 2 is 2.43 bits per heavy atom. The van der Waals surface area contributed by atoms with Gasteiger partial charge in [0.05, 0.1) is 25.0 Å². The van der Waals surface area contributed by atoms with Crippen LogP contribution < -0.4 is 0 Å². The zero-order valence-electron chi connectivity index (χ0n) is 8.34. The van der Waals surface area contributed by atoms with Crippen molar-refractivity contribution in [2.75, 3.05) is 12.4 Å². The molecule has 1 aromatic heterocycles. The molecule has 0 spiro atoms. The zero-order valence-corrected chi connectivity index (χ0v) is 9.16. The van der Waals surface area contributed by atoms with Crippen LogP contribution in [-0.4, -0.2) is 34.7 Å². The van der Waals surface area contributed by atoms with E-state index in [1.807, 2.05) is 13.8 Å². The molecule has 80 valence electrons. The summed E-state index contributed by atoms with van der Waals surface area (Å²) < 4.78 is 10.3. The Hall–Kier alpha value is -0.520. The minimum atomic E-state index is -0.478. The summed E-state index contributed by atoms with van der Waals surface area (Å²) in [7, 11) is 0. The summed E-state index contributed by atoms with van der Waals surface area (Å²) in [6.07, 6.45) is 2.77. The van der Waals surface area contributed by atoms with Gasteiger partial charge in [-0.3, -0.25) is 0 Å². The summed E-state index contributed by atoms with van der Waals surface area (Å²) in [4.78, 5) is 3.93. The molecule has 0 saturated heterocycles. The van der Waals surface area contributed by atoms with Gasteiger partial charge in [-0.25, -0.2) is 4.98 Å². The van der Waals surface area contributed by atoms with Crippen LogP contribution >= 0.6 is 11.8 Å². The van der Waals surface area contributed by atoms with Crippen LogP contribution in [-0.2, 0) is 4.74 Å². The number of oxazole rings is 1. The van der Waals surface area contributed by atoms with Crippen molar-refractivity contribution in [1.29, 1.82) is 0 Å². The van der Waals surface area contributed by atoms with E-state index in [0.29, 0.717) is 17.6 Å². The average molecular weight is 217 g/mol. The Bertz CT molecular complexity index is 238. The van der Waals surface area contributed by atoms with Gasteiger partial charge in [0.25, 0.3) is 5.22 Å². The van der Waals surface area contributed by atoms with Crippen LogP contribution in [0.5, 0.6) is 0 Å². The molecule has 0 aliphatic carbocycles. The van der Waals surface area contributed by atoms with Crippen LogP contribution in [0.2, 0.25) is 0 Å². The number of nitrogens with zero attached hydrogens (tertiary/aromatic N) is 1. The summed E-state index contributed by atoms with van der Waals surface area (Å²) in [5.41, 5.74) is 0. The lowest BCUT2D eigenvalue weighted by Crippen LogP contribution is -2.20. The number of aliphatic hydroxyl groups excluding tert-OH is 1. The standard InChI is InChI=1S/C9H15NO3S/c1-7(2)13-5-8(11)6-14-9-10-3-4-12-9/h3-4,7-8,11H,5-6H2,1-2H3. The van der Waals surface area contributed by atoms with Gasteiger partial charge in [0.2, 0.25) is 0 Å². The first kappa shape index (κ1) is 11.6. The fraction of sp³-hybridized carbons (Fsp3) is 0.667. The molecule has 0 aliphatic rings. The van der Waals surface area contributed by atoms with Crippen LogP contribution in [0.15, 0.2) is 22.1 Å². The first-order valence-electron chi connectivity index (χ1n) is 4.50. The largest absolute Gasteiger partial charge is 0.440 e. The molecule has 0 aliphatic heterocycles. The van der Waals surface area contributed by atoms with Gasteiger partial charge in [0.15, 0.2) is 0 Å². The lowest BCUT2D eigenvalue weighted by molar-refractivity contribution is 0.0152. The van der Waals surface area contributed by atoms with Gasteiger partial charge in [-0.1, -0.05) is 11.8 Å². The van der Waals surface area contributed by atoms with E-state index in [0.717, 1.165) is 0 Å². The fourth-order valence-corrected chi connectivity index (χ4v) is 1.49. The van der Waals surface area contributed by atoms with Crippen molar-refractivity contribution in [3.63, 3.8) is 0 Å². The minimum absolute atomic E-state index is 0.149. The average Bonchev–Trinajstić information content (AvgIpc) is 2.63. The maximum atomic E-state index is 9.48. The molecule has 0 aromatic carbocycles. The van der Waals surface area contributed by atoms with E-state index < -0.39 is 6.10 Å². The molecule has 5 heteroatoms. The fourth-order valence-electron chi connectivity index (χ4n) is 0.801. The lowest BCUT2D eigenvalue weighted by atomic mass is 10.4. The molecule has 14 heavy (non-hydrogen) atoms. The Morgan fingerprint density at radius 3 is 3.00 bits per heavy atom. The molecular weight excluding hydrogens is 202 g/mol. The van der Waals surface area contributed by atoms with Crippen molar-refractivity contribution in [2.45, 2.75) is 31.3 Å². The summed E-state index contributed by atoms with van der Waals surface area (Å²) >= 11 is 1.38. The molecule has 0 amide bonds. The van der Waals surface area contributed by atoms with Crippen molar-refractivity contribution in [3.8, 4) is 0 Å². The third kappa shape index (κ3) is 4.64. The topological polar surface area (TPSA) is 55.5 Å². The normalized spacial score (nSPS) is 13.4. The van der Waals surface area contributed by atoms with Gasteiger partial charge in [0, 0.05) is 5.75 Å². The number of rotatable bonds is 6. The summed E-state index contributed by atoms with van der Waals surface area (Å²) in [6.45, 7) is 4.23. The van der Waals surface area contributed by atoms with Gasteiger partial charge in [-0.2, -0.15) is 0 Å². The lowest BCUT2D eigenvalue weighted by Gasteiger charge is -2.11. The molecule has 1 aromatic rings. The van der Waals surface area contributed by atoms with Gasteiger partial charge >= 0.3 is 0 Å². The Kier molecular flexibility index (Phi) is 5.00. The third-order valence-electron chi connectivity index (χ3n) is 1.43. The molecule has 1 N–H and O–H groups in total. The first-order valence-corrected chi connectivity index (χ1v) is 5.49. The molecule has 1 heterocycles. The van der Waals surface area contributed by atoms with Crippen LogP contribution in [0.25, 0.3) is 0 Å². The van der Waals surface area contributed by atoms with Crippen LogP contribution in [0.1, 0.15) is 13.8 Å². The summed E-state index contributed by atoms with van der Waals surface area (Å²) in [5, 5.41) is 10.1. The third-order valence-corrected chi connectivity index (χ3v) is 2.43. The van der Waals surface area contributed by atoms with E-state index in [9.17, 15) is 5.11 Å². The van der Waals surface area contributed by atoms with Crippen LogP contribution in [0.4, 0.5) is 0 Å². The number of aliphatic hydroxyl groups is 1. The molecule has 1 atom stereocenters. The number of aromatic nitrogens is 1. The van der Waals surface area contributed by atoms with E-state index in [1.54, 1.807) is 6.20 Å². The van der Waals surface area contributed by atoms with Crippen molar-refractivity contribution in [1.82, 2.24) is 4.98 Å². The predicted octanol–water partition coefficient (Wildman–Crippen LogP) is 1.55. The highest BCUT2D eigenvalue weighted by Gasteiger charge is 2.08. The maximum Gasteiger partial charge on any atom is 0.255 e. The SMILES string of the molecule is CC(C)OCC(O)CSc1ncco1. The highest BCUT2D eigenvalue weighted by Crippen LogP contribution is 2.15. The second-order valence-electron chi connectivity index (χ2n) is 3.14. The molecule has 4 nitrogen and oxygen atoms in total. The maximum absolute atomic E-state index is 9.48. The van der Waals surface area contributed by atoms with Gasteiger partial charge in [-0.05, 0) is 13.8 Å². The van der Waals surface area contributed by atoms with Crippen molar-refractivity contribution in [2.24, 2.45) is 0 Å². The molecular formula is C9H15NO3S. The molecule has 0 saturated carbocycles. The molecule has 0 bridgehead atoms. The number of ether oxygens (including phenoxy) is 1. The van der Waals surface area contributed by atoms with E-state index >= 15 is 0 Å². The molecule has 1 rings (SSSR count). The summed E-state index contributed by atoms with van der Waals surface area (Å²) in [6, 6.07) is 0. The quantitative estimate of drug-likeness (QED) is 0.733. The minimum Gasteiger partial charge on any atom is -0.440 e. The Morgan fingerprint density at radius 1 is 1.64 bits per heavy atom. The van der Waals surface area contributed by atoms with Crippen molar-refractivity contribution >= 4 is 11.8 Å². The summed E-state index contributed by atoms with van der Waals surface area (Å²) in [5.74, 6) is 0.535. The van der Waals surface area contributed by atoms with E-state index in [1.165, 1.54) is 18.0 Å². The predicted molar refractivity (Wildman–Crippen MR) is 54.3 cm³/mol. The monoisotopic (exact) mass is 217 g/mol. The second-order valence-corrected chi connectivity index (χ2v) is 4.12. The Balaban J connectivity index is 2.12. The van der Waals surface area contributed by atoms with E-state index in [4.69, 9.17) is 9.15 Å². The van der Waals surface area contributed by atoms with Gasteiger partial charge < -0.3 is 14.3 Å². The van der Waals surface area contributed by atoms with Crippen LogP contribution in [0.3, 0.4) is 0 Å². The number of hydrogen-bond acceptors (Lipinski definition) is 5. The highest BCUT2D eigenvalue weighted by molar-refractivity contribution is 7.99. The van der Waals surface area contributed by atoms with Gasteiger partial charge in [-0.15, -0.1) is 0 Å². The van der Waals surface area contributed by atoms with Crippen molar-refractivity contribution < 1.29 is 14.3 Å². The molecule has 1 unspecified atom stereocenters. The van der Waals surface area contributed by atoms with E-state index in [-0.39, 0.29) is 6.10 Å². The Labute approximate surface area is 87.7 Å². The smallest absolute Gasteiger partial charge is 0.255 e. The second kappa shape index (κ2) is 6.06. The van der Waals surface area contributed by atoms with Crippen LogP contribution in [0, 0.1) is 0 Å². The number of hydrogen-bond donors (Lipinski definition) is 1. The van der Waals surface area contributed by atoms with E-state index in [2.05, 4.69) is 4.98 Å². The molecule has 0 radical (unpaired) electrons. The van der Waals surface area contributed by atoms with Crippen molar-refractivity contribution in [3.05, 3.63) is 12.5 Å². The molecule has 0 fully saturated rings. The number of thioether (sulfide) groups is 1. The first-order chi connectivity index (χ1) is 6.68. The zero-order chi connectivity index (χ0) is 10.4.